The summed E-state index contributed by atoms with van der Waals surface area (Å²) in [4.78, 5) is 28.7. The van der Waals surface area contributed by atoms with Crippen LogP contribution in [0.2, 0.25) is 0 Å². The minimum absolute atomic E-state index is 0.0406. The number of carbonyl (C=O) groups excluding carboxylic acids is 1. The average Bonchev–Trinajstić information content (AvgIpc) is 2.95. The van der Waals surface area contributed by atoms with Gasteiger partial charge in [0.25, 0.3) is 0 Å². The molecule has 1 aliphatic heterocycles. The lowest BCUT2D eigenvalue weighted by molar-refractivity contribution is 0.0406. The van der Waals surface area contributed by atoms with Crippen LogP contribution in [0.3, 0.4) is 0 Å². The van der Waals surface area contributed by atoms with E-state index in [1.807, 2.05) is 12.4 Å². The lowest BCUT2D eigenvalue weighted by atomic mass is 9.83. The van der Waals surface area contributed by atoms with Gasteiger partial charge in [0.05, 0.1) is 11.4 Å². The number of amides is 2. The number of halogens is 2. The van der Waals surface area contributed by atoms with Gasteiger partial charge in [0.1, 0.15) is 6.10 Å². The van der Waals surface area contributed by atoms with Crippen molar-refractivity contribution >= 4 is 23.4 Å². The van der Waals surface area contributed by atoms with Crippen LogP contribution in [0.5, 0.6) is 0 Å². The SMILES string of the molecule is CCc1cnc(N2CCC(ON=C3CCC(c4ccc(NC(=O)NCCCO)c(F)c4F)CC3)CC2)nc1. The molecular formula is C27H36F2N6O3. The number of piperidine rings is 1. The summed E-state index contributed by atoms with van der Waals surface area (Å²) in [7, 11) is 0. The number of nitrogens with one attached hydrogen (secondary N) is 2. The number of aliphatic hydroxyl groups excluding tert-OH is 1. The molecule has 9 nitrogen and oxygen atoms in total. The highest BCUT2D eigenvalue weighted by Crippen LogP contribution is 2.35. The Balaban J connectivity index is 1.23. The zero-order valence-electron chi connectivity index (χ0n) is 21.8. The van der Waals surface area contributed by atoms with Crippen molar-refractivity contribution in [3.63, 3.8) is 0 Å². The number of oxime groups is 1. The molecule has 0 bridgehead atoms. The second kappa shape index (κ2) is 13.5. The van der Waals surface area contributed by atoms with Crippen molar-refractivity contribution in [1.29, 1.82) is 0 Å². The Morgan fingerprint density at radius 3 is 2.50 bits per heavy atom. The van der Waals surface area contributed by atoms with Gasteiger partial charge in [-0.2, -0.15) is 0 Å². The van der Waals surface area contributed by atoms with Crippen molar-refractivity contribution in [2.24, 2.45) is 5.16 Å². The maximum Gasteiger partial charge on any atom is 0.319 e. The molecule has 2 aliphatic rings. The van der Waals surface area contributed by atoms with Crippen LogP contribution in [-0.2, 0) is 11.3 Å². The summed E-state index contributed by atoms with van der Waals surface area (Å²) < 4.78 is 29.5. The molecular weight excluding hydrogens is 494 g/mol. The van der Waals surface area contributed by atoms with Crippen LogP contribution in [0.1, 0.15) is 68.9 Å². The van der Waals surface area contributed by atoms with Crippen LogP contribution in [0.25, 0.3) is 0 Å². The Bertz CT molecular complexity index is 1100. The fourth-order valence-corrected chi connectivity index (χ4v) is 4.78. The summed E-state index contributed by atoms with van der Waals surface area (Å²) in [6, 6.07) is 2.28. The third-order valence-electron chi connectivity index (χ3n) is 7.14. The smallest absolute Gasteiger partial charge is 0.319 e. The maximum atomic E-state index is 14.8. The fraction of sp³-hybridized carbons (Fsp3) is 0.556. The zero-order valence-corrected chi connectivity index (χ0v) is 21.8. The molecule has 1 aromatic heterocycles. The number of aliphatic hydroxyl groups is 1. The number of hydrogen-bond acceptors (Lipinski definition) is 7. The molecule has 2 amide bonds. The lowest BCUT2D eigenvalue weighted by Gasteiger charge is -2.31. The number of rotatable bonds is 9. The first kappa shape index (κ1) is 27.7. The molecule has 2 heterocycles. The summed E-state index contributed by atoms with van der Waals surface area (Å²) in [6.07, 6.45) is 9.38. The molecule has 1 saturated carbocycles. The number of aromatic nitrogens is 2. The van der Waals surface area contributed by atoms with Gasteiger partial charge < -0.3 is 25.5 Å². The summed E-state index contributed by atoms with van der Waals surface area (Å²) in [6.45, 7) is 3.87. The Hall–Kier alpha value is -3.34. The second-order valence-electron chi connectivity index (χ2n) is 9.76. The van der Waals surface area contributed by atoms with Gasteiger partial charge in [0.15, 0.2) is 11.6 Å². The highest BCUT2D eigenvalue weighted by Gasteiger charge is 2.26. The van der Waals surface area contributed by atoms with Crippen LogP contribution in [0.15, 0.2) is 29.7 Å². The van der Waals surface area contributed by atoms with E-state index in [-0.39, 0.29) is 30.9 Å². The number of anilines is 2. The lowest BCUT2D eigenvalue weighted by Crippen LogP contribution is -2.37. The topological polar surface area (TPSA) is 112 Å². The van der Waals surface area contributed by atoms with Crippen molar-refractivity contribution in [1.82, 2.24) is 15.3 Å². The van der Waals surface area contributed by atoms with E-state index in [0.29, 0.717) is 37.7 Å². The van der Waals surface area contributed by atoms with E-state index in [2.05, 4.69) is 37.6 Å². The van der Waals surface area contributed by atoms with E-state index < -0.39 is 17.7 Å². The Kier molecular flexibility index (Phi) is 9.80. The van der Waals surface area contributed by atoms with Gasteiger partial charge >= 0.3 is 6.03 Å². The van der Waals surface area contributed by atoms with Crippen molar-refractivity contribution in [3.05, 3.63) is 47.3 Å². The summed E-state index contributed by atoms with van der Waals surface area (Å²) >= 11 is 0. The molecule has 0 unspecified atom stereocenters. The van der Waals surface area contributed by atoms with Crippen molar-refractivity contribution in [2.75, 3.05) is 36.5 Å². The number of carbonyl (C=O) groups is 1. The van der Waals surface area contributed by atoms with E-state index in [9.17, 15) is 13.6 Å². The van der Waals surface area contributed by atoms with Crippen molar-refractivity contribution in [3.8, 4) is 0 Å². The zero-order chi connectivity index (χ0) is 26.9. The van der Waals surface area contributed by atoms with Crippen LogP contribution in [0, 0.1) is 11.6 Å². The molecule has 4 rings (SSSR count). The quantitative estimate of drug-likeness (QED) is 0.325. The number of urea groups is 1. The maximum absolute atomic E-state index is 14.8. The van der Waals surface area contributed by atoms with E-state index in [1.165, 1.54) is 6.07 Å². The predicted molar refractivity (Wildman–Crippen MR) is 141 cm³/mol. The highest BCUT2D eigenvalue weighted by molar-refractivity contribution is 5.89. The van der Waals surface area contributed by atoms with Gasteiger partial charge in [-0.3, -0.25) is 0 Å². The minimum atomic E-state index is -1.07. The van der Waals surface area contributed by atoms with E-state index >= 15 is 0 Å². The first-order valence-corrected chi connectivity index (χ1v) is 13.4. The predicted octanol–water partition coefficient (Wildman–Crippen LogP) is 4.52. The molecule has 0 spiro atoms. The van der Waals surface area contributed by atoms with Crippen molar-refractivity contribution < 1.29 is 23.5 Å². The molecule has 1 aromatic carbocycles. The number of nitrogens with zero attached hydrogens (tertiary/aromatic N) is 4. The fourth-order valence-electron chi connectivity index (χ4n) is 4.78. The van der Waals surface area contributed by atoms with E-state index in [4.69, 9.17) is 9.94 Å². The van der Waals surface area contributed by atoms with Crippen molar-refractivity contribution in [2.45, 2.75) is 70.3 Å². The summed E-state index contributed by atoms with van der Waals surface area (Å²) in [5, 5.41) is 18.0. The van der Waals surface area contributed by atoms with Gasteiger partial charge in [-0.25, -0.2) is 23.5 Å². The third kappa shape index (κ3) is 7.15. The van der Waals surface area contributed by atoms with Crippen LogP contribution >= 0.6 is 0 Å². The molecule has 206 valence electrons. The molecule has 3 N–H and O–H groups in total. The Morgan fingerprint density at radius 1 is 1.13 bits per heavy atom. The van der Waals surface area contributed by atoms with Gasteiger partial charge in [-0.15, -0.1) is 0 Å². The molecule has 1 saturated heterocycles. The largest absolute Gasteiger partial charge is 0.396 e. The average molecular weight is 531 g/mol. The first-order valence-electron chi connectivity index (χ1n) is 13.4. The summed E-state index contributed by atoms with van der Waals surface area (Å²) in [5.41, 5.74) is 2.17. The van der Waals surface area contributed by atoms with Crippen LogP contribution in [0.4, 0.5) is 25.2 Å². The molecule has 2 fully saturated rings. The van der Waals surface area contributed by atoms with Gasteiger partial charge in [-0.1, -0.05) is 18.1 Å². The third-order valence-corrected chi connectivity index (χ3v) is 7.14. The molecule has 0 radical (unpaired) electrons. The van der Waals surface area contributed by atoms with Crippen LogP contribution in [-0.4, -0.2) is 59.2 Å². The van der Waals surface area contributed by atoms with Gasteiger partial charge in [-0.05, 0) is 61.6 Å². The molecule has 11 heteroatoms. The Labute approximate surface area is 221 Å². The highest BCUT2D eigenvalue weighted by atomic mass is 19.2. The molecule has 0 atom stereocenters. The number of aryl methyl sites for hydroxylation is 1. The normalized spacial score (nSPS) is 18.3. The van der Waals surface area contributed by atoms with E-state index in [0.717, 1.165) is 49.6 Å². The standard InChI is InChI=1S/C27H36F2N6O3/c1-2-18-16-31-26(32-17-18)35-13-10-21(11-14-35)38-34-20-6-4-19(5-7-20)22-8-9-23(25(29)24(22)28)33-27(37)30-12-3-15-36/h8-9,16-17,19,21,36H,2-7,10-15H2,1H3,(H2,30,33,37). The van der Waals surface area contributed by atoms with Gasteiger partial charge in [0, 0.05) is 51.5 Å². The summed E-state index contributed by atoms with van der Waals surface area (Å²) in [5.74, 6) is -1.38. The Morgan fingerprint density at radius 2 is 1.84 bits per heavy atom. The van der Waals surface area contributed by atoms with Crippen LogP contribution < -0.4 is 15.5 Å². The minimum Gasteiger partial charge on any atom is -0.396 e. The number of benzene rings is 1. The monoisotopic (exact) mass is 530 g/mol. The van der Waals surface area contributed by atoms with Gasteiger partial charge in [0.2, 0.25) is 5.95 Å². The first-order chi connectivity index (χ1) is 18.5. The molecule has 2 aromatic rings. The molecule has 38 heavy (non-hydrogen) atoms. The molecule has 1 aliphatic carbocycles. The van der Waals surface area contributed by atoms with E-state index in [1.54, 1.807) is 6.07 Å². The number of hydrogen-bond donors (Lipinski definition) is 3. The second-order valence-corrected chi connectivity index (χ2v) is 9.76.